The summed E-state index contributed by atoms with van der Waals surface area (Å²) in [6, 6.07) is 4.68. The number of nitrogens with zero attached hydrogens (tertiary/aromatic N) is 2. The Hall–Kier alpha value is -4.49. The van der Waals surface area contributed by atoms with Crippen LogP contribution in [-0.4, -0.2) is 103 Å². The maximum atomic E-state index is 14.1. The van der Waals surface area contributed by atoms with Crippen LogP contribution in [0, 0.1) is 17.8 Å². The highest BCUT2D eigenvalue weighted by molar-refractivity contribution is 6.38. The van der Waals surface area contributed by atoms with Crippen molar-refractivity contribution in [2.75, 3.05) is 33.8 Å². The molecular formula is C37H56N6O8. The number of carbonyl (C=O) groups excluding carboxylic acids is 7. The van der Waals surface area contributed by atoms with Gasteiger partial charge in [-0.05, 0) is 49.0 Å². The van der Waals surface area contributed by atoms with Crippen LogP contribution in [0.2, 0.25) is 0 Å². The first kappa shape index (κ1) is 40.9. The van der Waals surface area contributed by atoms with Gasteiger partial charge in [0.25, 0.3) is 5.91 Å². The Morgan fingerprint density at radius 3 is 2.20 bits per heavy atom. The molecule has 2 fully saturated rings. The van der Waals surface area contributed by atoms with Gasteiger partial charge >= 0.3 is 6.09 Å². The molecule has 1 aromatic carbocycles. The lowest BCUT2D eigenvalue weighted by molar-refractivity contribution is -0.144. The van der Waals surface area contributed by atoms with Gasteiger partial charge in [0.2, 0.25) is 29.4 Å². The number of ether oxygens (including phenoxy) is 1. The van der Waals surface area contributed by atoms with Crippen molar-refractivity contribution in [3.63, 3.8) is 0 Å². The van der Waals surface area contributed by atoms with Gasteiger partial charge in [0.1, 0.15) is 18.1 Å². The third-order valence-corrected chi connectivity index (χ3v) is 9.43. The minimum absolute atomic E-state index is 0.100. The summed E-state index contributed by atoms with van der Waals surface area (Å²) in [5.41, 5.74) is 0.554. The van der Waals surface area contributed by atoms with Gasteiger partial charge in [0.15, 0.2) is 0 Å². The standard InChI is InChI=1S/C37H56N6O8/c1-7-14-27(32(45)34(47)38-21-28(44)40-29(35(48)42(5)6)25-15-10-8-11-16-25)39-33(46)31-24(4)19-20-43(31)36(49)30(26-17-12-9-13-18-26)41-37(50)51-22-23(2)3/h8,10-11,15-16,23-24,26-27,29-31H,7,9,12-14,17-22H2,1-6H3,(H,38,47)(H,39,46)(H,40,44)(H,41,50)/t24-,27?,29-,30-,31-/m0/s1. The summed E-state index contributed by atoms with van der Waals surface area (Å²) in [6.45, 7) is 7.42. The normalized spacial score (nSPS) is 19.3. The van der Waals surface area contributed by atoms with Crippen LogP contribution in [0.1, 0.15) is 90.7 Å². The summed E-state index contributed by atoms with van der Waals surface area (Å²) in [6.07, 6.45) is 4.94. The van der Waals surface area contributed by atoms with Crippen molar-refractivity contribution in [1.29, 1.82) is 0 Å². The quantitative estimate of drug-likeness (QED) is 0.189. The molecule has 282 valence electrons. The summed E-state index contributed by atoms with van der Waals surface area (Å²) in [5, 5.41) is 10.4. The molecule has 3 rings (SSSR count). The summed E-state index contributed by atoms with van der Waals surface area (Å²) >= 11 is 0. The molecule has 14 nitrogen and oxygen atoms in total. The predicted molar refractivity (Wildman–Crippen MR) is 190 cm³/mol. The summed E-state index contributed by atoms with van der Waals surface area (Å²) in [7, 11) is 3.12. The second kappa shape index (κ2) is 19.8. The summed E-state index contributed by atoms with van der Waals surface area (Å²) < 4.78 is 5.34. The van der Waals surface area contributed by atoms with Gasteiger partial charge in [-0.3, -0.25) is 28.8 Å². The molecule has 1 heterocycles. The largest absolute Gasteiger partial charge is 0.449 e. The number of ketones is 1. The van der Waals surface area contributed by atoms with E-state index in [1.165, 1.54) is 9.80 Å². The van der Waals surface area contributed by atoms with Gasteiger partial charge in [-0.15, -0.1) is 0 Å². The van der Waals surface area contributed by atoms with Gasteiger partial charge in [0, 0.05) is 20.6 Å². The Bertz CT molecular complexity index is 1380. The van der Waals surface area contributed by atoms with E-state index in [9.17, 15) is 33.6 Å². The Balaban J connectivity index is 1.68. The van der Waals surface area contributed by atoms with Crippen LogP contribution in [0.15, 0.2) is 30.3 Å². The van der Waals surface area contributed by atoms with E-state index in [1.807, 2.05) is 20.8 Å². The monoisotopic (exact) mass is 712 g/mol. The summed E-state index contributed by atoms with van der Waals surface area (Å²) in [5.74, 6) is -4.20. The van der Waals surface area contributed by atoms with Crippen LogP contribution < -0.4 is 21.3 Å². The van der Waals surface area contributed by atoms with E-state index in [4.69, 9.17) is 4.74 Å². The second-order valence-electron chi connectivity index (χ2n) is 14.3. The number of amides is 6. The highest BCUT2D eigenvalue weighted by atomic mass is 16.5. The molecule has 1 unspecified atom stereocenters. The smallest absolute Gasteiger partial charge is 0.407 e. The Kier molecular flexibility index (Phi) is 15.9. The number of hydrogen-bond donors (Lipinski definition) is 4. The number of nitrogens with one attached hydrogen (secondary N) is 4. The number of likely N-dealkylation sites (tertiary alicyclic amines) is 1. The third-order valence-electron chi connectivity index (χ3n) is 9.43. The van der Waals surface area contributed by atoms with Crippen molar-refractivity contribution in [3.05, 3.63) is 35.9 Å². The van der Waals surface area contributed by atoms with E-state index in [1.54, 1.807) is 51.4 Å². The third kappa shape index (κ3) is 11.8. The molecule has 0 aromatic heterocycles. The van der Waals surface area contributed by atoms with Crippen LogP contribution in [0.3, 0.4) is 0 Å². The average molecular weight is 713 g/mol. The fraction of sp³-hybridized carbons (Fsp3) is 0.649. The zero-order chi connectivity index (χ0) is 37.7. The predicted octanol–water partition coefficient (Wildman–Crippen LogP) is 2.47. The van der Waals surface area contributed by atoms with E-state index >= 15 is 0 Å². The number of carbonyl (C=O) groups is 7. The molecule has 1 saturated heterocycles. The maximum Gasteiger partial charge on any atom is 0.407 e. The van der Waals surface area contributed by atoms with Crippen molar-refractivity contribution >= 4 is 41.4 Å². The van der Waals surface area contributed by atoms with Gasteiger partial charge < -0.3 is 35.8 Å². The van der Waals surface area contributed by atoms with Crippen LogP contribution in [0.25, 0.3) is 0 Å². The van der Waals surface area contributed by atoms with Gasteiger partial charge in [-0.25, -0.2) is 4.79 Å². The van der Waals surface area contributed by atoms with Crippen molar-refractivity contribution in [3.8, 4) is 0 Å². The lowest BCUT2D eigenvalue weighted by atomic mass is 9.83. The van der Waals surface area contributed by atoms with Crippen LogP contribution in [0.4, 0.5) is 4.79 Å². The Labute approximate surface area is 301 Å². The number of hydrogen-bond acceptors (Lipinski definition) is 8. The molecular weight excluding hydrogens is 656 g/mol. The number of rotatable bonds is 16. The molecule has 1 aliphatic heterocycles. The minimum Gasteiger partial charge on any atom is -0.449 e. The van der Waals surface area contributed by atoms with Crippen molar-refractivity contribution in [2.24, 2.45) is 17.8 Å². The number of benzene rings is 1. The molecule has 0 bridgehead atoms. The van der Waals surface area contributed by atoms with Gasteiger partial charge in [-0.1, -0.05) is 83.7 Å². The van der Waals surface area contributed by atoms with Crippen LogP contribution in [0.5, 0.6) is 0 Å². The highest BCUT2D eigenvalue weighted by Gasteiger charge is 2.45. The van der Waals surface area contributed by atoms with Crippen molar-refractivity contribution < 1.29 is 38.3 Å². The molecule has 5 atom stereocenters. The van der Waals surface area contributed by atoms with Crippen LogP contribution in [-0.2, 0) is 33.5 Å². The second-order valence-corrected chi connectivity index (χ2v) is 14.3. The topological polar surface area (TPSA) is 183 Å². The first-order valence-corrected chi connectivity index (χ1v) is 18.2. The molecule has 51 heavy (non-hydrogen) atoms. The Morgan fingerprint density at radius 1 is 0.922 bits per heavy atom. The molecule has 1 aliphatic carbocycles. The van der Waals surface area contributed by atoms with Gasteiger partial charge in [0.05, 0.1) is 19.2 Å². The molecule has 6 amide bonds. The van der Waals surface area contributed by atoms with Crippen molar-refractivity contribution in [1.82, 2.24) is 31.1 Å². The number of alkyl carbamates (subject to hydrolysis) is 1. The van der Waals surface area contributed by atoms with E-state index in [0.717, 1.165) is 32.1 Å². The molecule has 2 aliphatic rings. The average Bonchev–Trinajstić information content (AvgIpc) is 3.51. The molecule has 0 spiro atoms. The number of Topliss-reactive ketones (excluding diaryl/α,β-unsaturated/α-hetero) is 1. The van der Waals surface area contributed by atoms with E-state index < -0.39 is 60.3 Å². The SMILES string of the molecule is CCCC(NC(=O)[C@@H]1[C@@H](C)CCN1C(=O)[C@@H](NC(=O)OCC(C)C)C1CCCCC1)C(=O)C(=O)NCC(=O)N[C@H](C(=O)N(C)C)c1ccccc1. The summed E-state index contributed by atoms with van der Waals surface area (Å²) in [4.78, 5) is 95.4. The van der Waals surface area contributed by atoms with E-state index in [2.05, 4.69) is 21.3 Å². The lowest BCUT2D eigenvalue weighted by Crippen LogP contribution is -2.59. The lowest BCUT2D eigenvalue weighted by Gasteiger charge is -2.35. The van der Waals surface area contributed by atoms with Gasteiger partial charge in [-0.2, -0.15) is 0 Å². The first-order chi connectivity index (χ1) is 24.2. The molecule has 1 aromatic rings. The fourth-order valence-electron chi connectivity index (χ4n) is 6.66. The minimum atomic E-state index is -1.19. The molecule has 14 heteroatoms. The zero-order valence-corrected chi connectivity index (χ0v) is 30.9. The molecule has 1 saturated carbocycles. The molecule has 0 radical (unpaired) electrons. The van der Waals surface area contributed by atoms with E-state index in [0.29, 0.717) is 24.9 Å². The fourth-order valence-corrected chi connectivity index (χ4v) is 6.66. The first-order valence-electron chi connectivity index (χ1n) is 18.2. The Morgan fingerprint density at radius 2 is 1.59 bits per heavy atom. The number of likely N-dealkylation sites (N-methyl/N-ethyl adjacent to an activating group) is 1. The zero-order valence-electron chi connectivity index (χ0n) is 30.9. The van der Waals surface area contributed by atoms with Crippen LogP contribution >= 0.6 is 0 Å². The van der Waals surface area contributed by atoms with E-state index in [-0.39, 0.29) is 42.6 Å². The maximum absolute atomic E-state index is 14.1. The molecule has 4 N–H and O–H groups in total. The van der Waals surface area contributed by atoms with Crippen molar-refractivity contribution in [2.45, 2.75) is 103 Å². The highest BCUT2D eigenvalue weighted by Crippen LogP contribution is 2.31.